The van der Waals surface area contributed by atoms with E-state index in [1.54, 1.807) is 7.11 Å². The maximum atomic E-state index is 11.7. The van der Waals surface area contributed by atoms with Gasteiger partial charge in [-0.05, 0) is 24.7 Å². The maximum Gasteiger partial charge on any atom is 0.303 e. The Morgan fingerprint density at radius 1 is 1.37 bits per heavy atom. The number of ether oxygens (including phenoxy) is 1. The van der Waals surface area contributed by atoms with E-state index in [0.29, 0.717) is 25.5 Å². The second-order valence-electron chi connectivity index (χ2n) is 5.23. The molecule has 0 fully saturated rings. The maximum absolute atomic E-state index is 11.7. The second-order valence-corrected chi connectivity index (χ2v) is 5.23. The average Bonchev–Trinajstić information content (AvgIpc) is 2.31. The van der Waals surface area contributed by atoms with Crippen LogP contribution in [0.4, 0.5) is 0 Å². The first-order chi connectivity index (χ1) is 8.86. The Labute approximate surface area is 114 Å². The zero-order valence-corrected chi connectivity index (χ0v) is 12.0. The molecule has 0 aliphatic rings. The fourth-order valence-electron chi connectivity index (χ4n) is 1.90. The summed E-state index contributed by atoms with van der Waals surface area (Å²) in [4.78, 5) is 22.4. The van der Waals surface area contributed by atoms with Crippen molar-refractivity contribution in [3.8, 4) is 0 Å². The van der Waals surface area contributed by atoms with Crippen molar-refractivity contribution in [2.75, 3.05) is 20.3 Å². The Bertz CT molecular complexity index is 282. The summed E-state index contributed by atoms with van der Waals surface area (Å²) in [6.07, 6.45) is 1.28. The molecule has 0 aromatic heterocycles. The number of carboxylic acid groups (broad SMARTS) is 1. The van der Waals surface area contributed by atoms with Gasteiger partial charge in [0.2, 0.25) is 5.91 Å². The molecule has 0 heterocycles. The van der Waals surface area contributed by atoms with Crippen molar-refractivity contribution in [1.29, 1.82) is 0 Å². The number of nitrogens with one attached hydrogen (secondary N) is 1. The van der Waals surface area contributed by atoms with E-state index in [2.05, 4.69) is 5.32 Å². The summed E-state index contributed by atoms with van der Waals surface area (Å²) in [6, 6.07) is -0.607. The molecular weight excluding hydrogens is 248 g/mol. The van der Waals surface area contributed by atoms with Crippen LogP contribution < -0.4 is 11.1 Å². The number of amides is 1. The van der Waals surface area contributed by atoms with Gasteiger partial charge in [0.05, 0.1) is 6.04 Å². The lowest BCUT2D eigenvalue weighted by molar-refractivity contribution is -0.138. The number of nitrogens with two attached hydrogens (primary N) is 1. The van der Waals surface area contributed by atoms with E-state index >= 15 is 0 Å². The van der Waals surface area contributed by atoms with Gasteiger partial charge < -0.3 is 20.9 Å². The van der Waals surface area contributed by atoms with Gasteiger partial charge in [0.15, 0.2) is 0 Å². The van der Waals surface area contributed by atoms with E-state index in [-0.39, 0.29) is 18.2 Å². The van der Waals surface area contributed by atoms with Crippen LogP contribution in [-0.4, -0.2) is 43.3 Å². The van der Waals surface area contributed by atoms with Crippen LogP contribution >= 0.6 is 0 Å². The summed E-state index contributed by atoms with van der Waals surface area (Å²) in [5, 5.41) is 11.6. The lowest BCUT2D eigenvalue weighted by Gasteiger charge is -2.19. The minimum atomic E-state index is -0.844. The molecule has 0 aliphatic carbocycles. The highest BCUT2D eigenvalue weighted by molar-refractivity contribution is 5.81. The summed E-state index contributed by atoms with van der Waals surface area (Å²) in [5.74, 6) is -0.765. The number of aliphatic carboxylic acids is 1. The average molecular weight is 274 g/mol. The first kappa shape index (κ1) is 17.9. The molecule has 0 aliphatic heterocycles. The Morgan fingerprint density at radius 2 is 2.00 bits per heavy atom. The number of hydrogen-bond acceptors (Lipinski definition) is 4. The Morgan fingerprint density at radius 3 is 2.47 bits per heavy atom. The molecule has 0 aromatic carbocycles. The summed E-state index contributed by atoms with van der Waals surface area (Å²) in [6.45, 7) is 4.84. The van der Waals surface area contributed by atoms with Gasteiger partial charge in [0, 0.05) is 26.7 Å². The van der Waals surface area contributed by atoms with Crippen molar-refractivity contribution in [3.63, 3.8) is 0 Å². The van der Waals surface area contributed by atoms with Crippen LogP contribution in [0.25, 0.3) is 0 Å². The number of carbonyl (C=O) groups is 2. The van der Waals surface area contributed by atoms with Gasteiger partial charge in [-0.3, -0.25) is 9.59 Å². The van der Waals surface area contributed by atoms with Crippen molar-refractivity contribution in [1.82, 2.24) is 5.32 Å². The Balaban J connectivity index is 4.14. The number of rotatable bonds is 10. The molecule has 0 aromatic rings. The molecule has 6 nitrogen and oxygen atoms in total. The van der Waals surface area contributed by atoms with E-state index in [4.69, 9.17) is 15.6 Å². The first-order valence-corrected chi connectivity index (χ1v) is 6.60. The predicted octanol–water partition coefficient (Wildman–Crippen LogP) is 0.603. The molecule has 0 spiro atoms. The molecule has 4 N–H and O–H groups in total. The molecule has 0 rings (SSSR count). The number of hydrogen-bond donors (Lipinski definition) is 3. The number of methoxy groups -OCH3 is 1. The van der Waals surface area contributed by atoms with E-state index in [1.807, 2.05) is 13.8 Å². The molecule has 0 bridgehead atoms. The molecule has 1 amide bonds. The van der Waals surface area contributed by atoms with Gasteiger partial charge in [-0.25, -0.2) is 0 Å². The lowest BCUT2D eigenvalue weighted by Crippen LogP contribution is -2.43. The first-order valence-electron chi connectivity index (χ1n) is 6.60. The molecule has 0 saturated heterocycles. The number of carbonyl (C=O) groups excluding carboxylic acids is 1. The van der Waals surface area contributed by atoms with Crippen LogP contribution in [0.3, 0.4) is 0 Å². The third-order valence-electron chi connectivity index (χ3n) is 2.80. The zero-order chi connectivity index (χ0) is 14.8. The molecule has 19 heavy (non-hydrogen) atoms. The smallest absolute Gasteiger partial charge is 0.303 e. The van der Waals surface area contributed by atoms with Crippen molar-refractivity contribution in [3.05, 3.63) is 0 Å². The molecule has 2 unspecified atom stereocenters. The van der Waals surface area contributed by atoms with Crippen molar-refractivity contribution >= 4 is 11.9 Å². The highest BCUT2D eigenvalue weighted by Gasteiger charge is 2.18. The SMILES string of the molecule is COCCC(N)C(=O)NCC(CC(=O)O)CC(C)C. The molecule has 112 valence electrons. The predicted molar refractivity (Wildman–Crippen MR) is 72.7 cm³/mol. The van der Waals surface area contributed by atoms with Crippen LogP contribution in [0.5, 0.6) is 0 Å². The van der Waals surface area contributed by atoms with Gasteiger partial charge in [-0.2, -0.15) is 0 Å². The third kappa shape index (κ3) is 9.44. The summed E-state index contributed by atoms with van der Waals surface area (Å²) in [7, 11) is 1.55. The van der Waals surface area contributed by atoms with E-state index in [0.717, 1.165) is 6.42 Å². The van der Waals surface area contributed by atoms with Crippen molar-refractivity contribution in [2.24, 2.45) is 17.6 Å². The molecule has 0 saturated carbocycles. The van der Waals surface area contributed by atoms with Gasteiger partial charge in [0.25, 0.3) is 0 Å². The van der Waals surface area contributed by atoms with Crippen molar-refractivity contribution in [2.45, 2.75) is 39.2 Å². The fourth-order valence-corrected chi connectivity index (χ4v) is 1.90. The zero-order valence-electron chi connectivity index (χ0n) is 12.0. The van der Waals surface area contributed by atoms with E-state index in [1.165, 1.54) is 0 Å². The summed E-state index contributed by atoms with van der Waals surface area (Å²) in [5.41, 5.74) is 5.68. The quantitative estimate of drug-likeness (QED) is 0.541. The van der Waals surface area contributed by atoms with Crippen LogP contribution in [0.1, 0.15) is 33.1 Å². The molecule has 2 atom stereocenters. The summed E-state index contributed by atoms with van der Waals surface area (Å²) < 4.78 is 4.86. The van der Waals surface area contributed by atoms with Crippen LogP contribution in [0, 0.1) is 11.8 Å². The van der Waals surface area contributed by atoms with Crippen LogP contribution in [0.2, 0.25) is 0 Å². The van der Waals surface area contributed by atoms with E-state index < -0.39 is 12.0 Å². The normalized spacial score (nSPS) is 14.2. The monoisotopic (exact) mass is 274 g/mol. The van der Waals surface area contributed by atoms with Gasteiger partial charge in [0.1, 0.15) is 0 Å². The molecular formula is C13H26N2O4. The standard InChI is InChI=1S/C13H26N2O4/c1-9(2)6-10(7-12(16)17)8-15-13(18)11(14)4-5-19-3/h9-11H,4-8,14H2,1-3H3,(H,15,18)(H,16,17). The Kier molecular flexibility index (Phi) is 9.16. The Hall–Kier alpha value is -1.14. The third-order valence-corrected chi connectivity index (χ3v) is 2.80. The van der Waals surface area contributed by atoms with Crippen molar-refractivity contribution < 1.29 is 19.4 Å². The van der Waals surface area contributed by atoms with Crippen LogP contribution in [0.15, 0.2) is 0 Å². The minimum Gasteiger partial charge on any atom is -0.481 e. The second kappa shape index (κ2) is 9.75. The van der Waals surface area contributed by atoms with Gasteiger partial charge in [-0.15, -0.1) is 0 Å². The van der Waals surface area contributed by atoms with Gasteiger partial charge in [-0.1, -0.05) is 13.8 Å². The topological polar surface area (TPSA) is 102 Å². The fraction of sp³-hybridized carbons (Fsp3) is 0.846. The summed E-state index contributed by atoms with van der Waals surface area (Å²) >= 11 is 0. The van der Waals surface area contributed by atoms with Crippen LogP contribution in [-0.2, 0) is 14.3 Å². The minimum absolute atomic E-state index is 0.0592. The van der Waals surface area contributed by atoms with Gasteiger partial charge >= 0.3 is 5.97 Å². The highest BCUT2D eigenvalue weighted by atomic mass is 16.5. The lowest BCUT2D eigenvalue weighted by atomic mass is 9.94. The van der Waals surface area contributed by atoms with E-state index in [9.17, 15) is 9.59 Å². The largest absolute Gasteiger partial charge is 0.481 e. The highest BCUT2D eigenvalue weighted by Crippen LogP contribution is 2.14. The molecule has 0 radical (unpaired) electrons. The molecule has 6 heteroatoms. The number of carboxylic acids is 1.